The number of methoxy groups -OCH3 is 2. The summed E-state index contributed by atoms with van der Waals surface area (Å²) in [5.74, 6) is 0.410. The van der Waals surface area contributed by atoms with Crippen LogP contribution in [-0.2, 0) is 9.53 Å². The van der Waals surface area contributed by atoms with E-state index in [2.05, 4.69) is 78.9 Å². The topological polar surface area (TPSA) is 84.1 Å². The second-order valence-corrected chi connectivity index (χ2v) is 14.7. The Labute approximate surface area is 321 Å². The molecule has 0 saturated carbocycles. The van der Waals surface area contributed by atoms with Crippen LogP contribution in [0.5, 0.6) is 11.5 Å². The van der Waals surface area contributed by atoms with Crippen LogP contribution in [0.2, 0.25) is 0 Å². The van der Waals surface area contributed by atoms with Gasteiger partial charge in [0.2, 0.25) is 0 Å². The smallest absolute Gasteiger partial charge is 0.338 e. The molecule has 11 heteroatoms. The third-order valence-corrected chi connectivity index (χ3v) is 11.0. The fraction of sp³-hybridized carbons (Fsp3) is 0.146. The number of esters is 1. The van der Waals surface area contributed by atoms with Gasteiger partial charge in [-0.15, -0.1) is 0 Å². The Hall–Kier alpha value is -4.97. The molecule has 52 heavy (non-hydrogen) atoms. The molecule has 1 aliphatic rings. The number of nitrogens with zero attached hydrogens (tertiary/aromatic N) is 3. The predicted octanol–water partition coefficient (Wildman–Crippen LogP) is 8.47. The Balaban J connectivity index is 1.52. The molecular formula is C41H33Br2N3O5S. The van der Waals surface area contributed by atoms with E-state index in [1.807, 2.05) is 54.6 Å². The Bertz CT molecular complexity index is 2520. The van der Waals surface area contributed by atoms with Crippen molar-refractivity contribution >= 4 is 55.2 Å². The summed E-state index contributed by atoms with van der Waals surface area (Å²) >= 11 is 8.55. The molecule has 3 heterocycles. The lowest BCUT2D eigenvalue weighted by Crippen LogP contribution is -2.40. The molecule has 1 aliphatic heterocycles. The molecule has 0 saturated heterocycles. The first-order chi connectivity index (χ1) is 25.2. The van der Waals surface area contributed by atoms with Gasteiger partial charge in [0.25, 0.3) is 5.56 Å². The number of benzene rings is 4. The Kier molecular flexibility index (Phi) is 10.2. The van der Waals surface area contributed by atoms with E-state index in [4.69, 9.17) is 19.2 Å². The third kappa shape index (κ3) is 6.48. The minimum Gasteiger partial charge on any atom is -0.493 e. The van der Waals surface area contributed by atoms with Crippen LogP contribution in [0.25, 0.3) is 34.3 Å². The average molecular weight is 840 g/mol. The van der Waals surface area contributed by atoms with Crippen molar-refractivity contribution in [3.05, 3.63) is 154 Å². The highest BCUT2D eigenvalue weighted by Gasteiger charge is 2.35. The summed E-state index contributed by atoms with van der Waals surface area (Å²) in [7, 11) is 3.10. The van der Waals surface area contributed by atoms with Crippen molar-refractivity contribution in [3.63, 3.8) is 0 Å². The Morgan fingerprint density at radius 2 is 1.52 bits per heavy atom. The molecule has 0 N–H and O–H groups in total. The number of fused-ring (bicyclic) bond motifs is 1. The van der Waals surface area contributed by atoms with E-state index in [1.165, 1.54) is 11.3 Å². The lowest BCUT2D eigenvalue weighted by molar-refractivity contribution is -0.139. The Morgan fingerprint density at radius 1 is 0.885 bits per heavy atom. The molecule has 0 radical (unpaired) electrons. The number of hydrogen-bond donors (Lipinski definition) is 0. The first-order valence-electron chi connectivity index (χ1n) is 16.5. The molecule has 0 aliphatic carbocycles. The van der Waals surface area contributed by atoms with Crippen molar-refractivity contribution in [2.24, 2.45) is 4.99 Å². The highest BCUT2D eigenvalue weighted by Crippen LogP contribution is 2.41. The summed E-state index contributed by atoms with van der Waals surface area (Å²) in [6, 6.07) is 33.3. The van der Waals surface area contributed by atoms with Crippen LogP contribution >= 0.6 is 43.2 Å². The second-order valence-electron chi connectivity index (χ2n) is 11.9. The summed E-state index contributed by atoms with van der Waals surface area (Å²) in [6.07, 6.45) is 1.93. The summed E-state index contributed by atoms with van der Waals surface area (Å²) in [5, 5.41) is 0. The minimum absolute atomic E-state index is 0.168. The van der Waals surface area contributed by atoms with Crippen molar-refractivity contribution in [2.75, 3.05) is 20.8 Å². The summed E-state index contributed by atoms with van der Waals surface area (Å²) < 4.78 is 22.6. The zero-order chi connectivity index (χ0) is 36.5. The van der Waals surface area contributed by atoms with E-state index >= 15 is 0 Å². The zero-order valence-corrected chi connectivity index (χ0v) is 32.7. The molecule has 0 spiro atoms. The maximum Gasteiger partial charge on any atom is 0.338 e. The van der Waals surface area contributed by atoms with Crippen LogP contribution in [0.1, 0.15) is 31.0 Å². The molecule has 4 aromatic carbocycles. The Morgan fingerprint density at radius 3 is 2.15 bits per heavy atom. The van der Waals surface area contributed by atoms with Crippen molar-refractivity contribution in [3.8, 4) is 39.7 Å². The number of ether oxygens (including phenoxy) is 3. The molecule has 0 fully saturated rings. The number of allylic oxidation sites excluding steroid dienone is 1. The number of carbonyl (C=O) groups is 1. The molecule has 0 amide bonds. The normalized spacial score (nSPS) is 14.2. The number of thiazole rings is 1. The zero-order valence-electron chi connectivity index (χ0n) is 28.7. The highest BCUT2D eigenvalue weighted by molar-refractivity contribution is 9.10. The van der Waals surface area contributed by atoms with Gasteiger partial charge in [0.15, 0.2) is 16.3 Å². The number of hydrogen-bond acceptors (Lipinski definition) is 7. The maximum absolute atomic E-state index is 14.8. The van der Waals surface area contributed by atoms with Gasteiger partial charge in [-0.2, -0.15) is 0 Å². The van der Waals surface area contributed by atoms with Gasteiger partial charge in [0, 0.05) is 20.2 Å². The molecule has 0 bridgehead atoms. The van der Waals surface area contributed by atoms with Gasteiger partial charge < -0.3 is 18.8 Å². The summed E-state index contributed by atoms with van der Waals surface area (Å²) in [5.41, 5.74) is 6.79. The molecule has 0 unspecified atom stereocenters. The van der Waals surface area contributed by atoms with Crippen LogP contribution < -0.4 is 24.4 Å². The van der Waals surface area contributed by atoms with Crippen LogP contribution in [-0.4, -0.2) is 35.9 Å². The fourth-order valence-corrected chi connectivity index (χ4v) is 8.36. The van der Waals surface area contributed by atoms with Crippen molar-refractivity contribution in [2.45, 2.75) is 19.9 Å². The van der Waals surface area contributed by atoms with Gasteiger partial charge >= 0.3 is 5.97 Å². The summed E-state index contributed by atoms with van der Waals surface area (Å²) in [6.45, 7) is 3.68. The van der Waals surface area contributed by atoms with Crippen LogP contribution in [0, 0.1) is 0 Å². The number of carbonyl (C=O) groups excluding carboxylic acids is 1. The predicted molar refractivity (Wildman–Crippen MR) is 212 cm³/mol. The molecule has 1 atom stereocenters. The minimum atomic E-state index is -0.854. The van der Waals surface area contributed by atoms with E-state index in [1.54, 1.807) is 44.8 Å². The van der Waals surface area contributed by atoms with Gasteiger partial charge in [-0.1, -0.05) is 104 Å². The van der Waals surface area contributed by atoms with Crippen LogP contribution in [0.15, 0.2) is 133 Å². The van der Waals surface area contributed by atoms with Gasteiger partial charge in [0.05, 0.1) is 54.1 Å². The van der Waals surface area contributed by atoms with Crippen molar-refractivity contribution < 1.29 is 19.0 Å². The SMILES string of the molecule is CCOC(=O)C1=C(C)N=c2s/c(=C\c3cc(-c4ccccc4)n(-c4ccc(Br)cc4)c3-c3ccccc3)c(=O)n2[C@H]1c1cc(OC)c(OC)cc1Br. The lowest BCUT2D eigenvalue weighted by Gasteiger charge is -2.26. The van der Waals surface area contributed by atoms with Gasteiger partial charge in [0.1, 0.15) is 0 Å². The molecule has 262 valence electrons. The lowest BCUT2D eigenvalue weighted by atomic mass is 9.95. The third-order valence-electron chi connectivity index (χ3n) is 8.83. The van der Waals surface area contributed by atoms with Gasteiger partial charge in [-0.3, -0.25) is 9.36 Å². The van der Waals surface area contributed by atoms with E-state index in [0.29, 0.717) is 36.6 Å². The molecule has 2 aromatic heterocycles. The maximum atomic E-state index is 14.8. The van der Waals surface area contributed by atoms with Gasteiger partial charge in [-0.05, 0) is 79.1 Å². The fourth-order valence-electron chi connectivity index (χ4n) is 6.52. The number of rotatable bonds is 9. The second kappa shape index (κ2) is 14.9. The largest absolute Gasteiger partial charge is 0.493 e. The molecule has 8 nitrogen and oxygen atoms in total. The van der Waals surface area contributed by atoms with Crippen LogP contribution in [0.4, 0.5) is 0 Å². The molecule has 6 aromatic rings. The van der Waals surface area contributed by atoms with E-state index in [0.717, 1.165) is 38.2 Å². The quantitative estimate of drug-likeness (QED) is 0.137. The number of aromatic nitrogens is 2. The summed E-state index contributed by atoms with van der Waals surface area (Å²) in [4.78, 5) is 33.6. The average Bonchev–Trinajstić information content (AvgIpc) is 3.68. The highest BCUT2D eigenvalue weighted by atomic mass is 79.9. The number of halogens is 2. The molecule has 7 rings (SSSR count). The van der Waals surface area contributed by atoms with E-state index in [9.17, 15) is 9.59 Å². The first-order valence-corrected chi connectivity index (χ1v) is 18.9. The van der Waals surface area contributed by atoms with E-state index in [-0.39, 0.29) is 17.7 Å². The standard InChI is InChI=1S/C41H33Br2N3O5S/c1-5-51-40(48)36-24(2)44-41-46(38(36)30-22-33(49-3)34(50-4)23-31(30)43)39(47)35(52-41)21-27-20-32(25-12-8-6-9-13-25)45(29-18-16-28(42)17-19-29)37(27)26-14-10-7-11-15-26/h6-23,38H,5H2,1-4H3/b35-21-/t38-/m0/s1. The van der Waals surface area contributed by atoms with E-state index < -0.39 is 12.0 Å². The first kappa shape index (κ1) is 35.4. The monoisotopic (exact) mass is 837 g/mol. The van der Waals surface area contributed by atoms with Gasteiger partial charge in [-0.25, -0.2) is 9.79 Å². The molecular weight excluding hydrogens is 806 g/mol. The van der Waals surface area contributed by atoms with Crippen LogP contribution in [0.3, 0.4) is 0 Å². The van der Waals surface area contributed by atoms with Crippen molar-refractivity contribution in [1.29, 1.82) is 0 Å². The van der Waals surface area contributed by atoms with Crippen molar-refractivity contribution in [1.82, 2.24) is 9.13 Å².